The Labute approximate surface area is 244 Å². The molecule has 43 heavy (non-hydrogen) atoms. The Balaban J connectivity index is 1.35. The van der Waals surface area contributed by atoms with Gasteiger partial charge in [-0.3, -0.25) is 19.4 Å². The van der Waals surface area contributed by atoms with Crippen molar-refractivity contribution in [1.29, 1.82) is 0 Å². The van der Waals surface area contributed by atoms with E-state index in [4.69, 9.17) is 0 Å². The van der Waals surface area contributed by atoms with Gasteiger partial charge in [0.15, 0.2) is 0 Å². The van der Waals surface area contributed by atoms with Crippen LogP contribution >= 0.6 is 0 Å². The molecule has 1 unspecified atom stereocenters. The number of carbonyl (C=O) groups excluding carboxylic acids is 3. The van der Waals surface area contributed by atoms with Gasteiger partial charge in [-0.25, -0.2) is 9.18 Å². The lowest BCUT2D eigenvalue weighted by Gasteiger charge is -2.40. The maximum Gasteiger partial charge on any atom is 0.416 e. The lowest BCUT2D eigenvalue weighted by atomic mass is 9.88. The number of amides is 4. The fourth-order valence-electron chi connectivity index (χ4n) is 5.74. The normalized spacial score (nSPS) is 16.2. The van der Waals surface area contributed by atoms with E-state index in [0.29, 0.717) is 17.7 Å². The Morgan fingerprint density at radius 3 is 2.05 bits per heavy atom. The lowest BCUT2D eigenvalue weighted by Crippen LogP contribution is -2.50. The van der Waals surface area contributed by atoms with E-state index in [1.807, 2.05) is 24.3 Å². The van der Waals surface area contributed by atoms with Crippen LogP contribution in [-0.2, 0) is 12.6 Å². The summed E-state index contributed by atoms with van der Waals surface area (Å²) < 4.78 is 53.9. The second kappa shape index (κ2) is 11.0. The Morgan fingerprint density at radius 1 is 0.814 bits per heavy atom. The van der Waals surface area contributed by atoms with Crippen LogP contribution in [0.2, 0.25) is 0 Å². The first-order valence-electron chi connectivity index (χ1n) is 13.7. The largest absolute Gasteiger partial charge is 0.416 e. The number of rotatable bonds is 5. The molecule has 2 heterocycles. The molecule has 0 bridgehead atoms. The molecule has 0 spiro atoms. The van der Waals surface area contributed by atoms with Crippen LogP contribution < -0.4 is 4.90 Å². The number of urea groups is 1. The number of benzene rings is 4. The standard InChI is InChI=1S/C33H25F4N3O3/c34-24-13-15-25(16-14-24)38(19-20-40-30(41)27-7-3-4-8-28(27)31(40)42)32(43)39-18-17-21-5-1-2-6-26(21)29(39)22-9-11-23(12-10-22)33(35,36)37/h1-16,29H,17-20H2. The number of carbonyl (C=O) groups is 3. The first kappa shape index (κ1) is 28.1. The molecule has 0 saturated carbocycles. The van der Waals surface area contributed by atoms with E-state index in [-0.39, 0.29) is 30.8 Å². The van der Waals surface area contributed by atoms with Crippen molar-refractivity contribution in [2.24, 2.45) is 0 Å². The van der Waals surface area contributed by atoms with Gasteiger partial charge in [0.25, 0.3) is 11.8 Å². The molecule has 2 aliphatic rings. The molecule has 218 valence electrons. The number of nitrogens with zero attached hydrogens (tertiary/aromatic N) is 3. The molecule has 0 aliphatic carbocycles. The van der Waals surface area contributed by atoms with Gasteiger partial charge in [0.1, 0.15) is 5.82 Å². The fraction of sp³-hybridized carbons (Fsp3) is 0.182. The zero-order valence-corrected chi connectivity index (χ0v) is 22.7. The van der Waals surface area contributed by atoms with E-state index in [0.717, 1.165) is 28.2 Å². The number of fused-ring (bicyclic) bond motifs is 2. The summed E-state index contributed by atoms with van der Waals surface area (Å²) in [5.41, 5.74) is 2.34. The number of alkyl halides is 3. The van der Waals surface area contributed by atoms with E-state index in [9.17, 15) is 31.9 Å². The summed E-state index contributed by atoms with van der Waals surface area (Å²) in [5, 5.41) is 0. The van der Waals surface area contributed by atoms with Crippen LogP contribution in [0.15, 0.2) is 97.1 Å². The van der Waals surface area contributed by atoms with Crippen molar-refractivity contribution in [3.8, 4) is 0 Å². The van der Waals surface area contributed by atoms with Crippen molar-refractivity contribution in [2.45, 2.75) is 18.6 Å². The molecule has 1 atom stereocenters. The second-order valence-electron chi connectivity index (χ2n) is 10.4. The van der Waals surface area contributed by atoms with Crippen LogP contribution in [-0.4, -0.2) is 47.3 Å². The molecule has 6 nitrogen and oxygen atoms in total. The highest BCUT2D eigenvalue weighted by molar-refractivity contribution is 6.21. The summed E-state index contributed by atoms with van der Waals surface area (Å²) in [6.45, 7) is 0.0465. The minimum Gasteiger partial charge on any atom is -0.313 e. The molecular weight excluding hydrogens is 562 g/mol. The smallest absolute Gasteiger partial charge is 0.313 e. The molecule has 0 radical (unpaired) electrons. The predicted octanol–water partition coefficient (Wildman–Crippen LogP) is 6.71. The monoisotopic (exact) mass is 587 g/mol. The quantitative estimate of drug-likeness (QED) is 0.193. The van der Waals surface area contributed by atoms with Gasteiger partial charge in [-0.05, 0) is 71.6 Å². The molecule has 4 aromatic carbocycles. The SMILES string of the molecule is O=C1c2ccccc2C(=O)N1CCN(C(=O)N1CCc2ccccc2C1c1ccc(C(F)(F)F)cc1)c1ccc(F)cc1. The third-order valence-corrected chi connectivity index (χ3v) is 7.88. The number of halogens is 4. The highest BCUT2D eigenvalue weighted by Crippen LogP contribution is 2.38. The van der Waals surface area contributed by atoms with Crippen molar-refractivity contribution >= 4 is 23.5 Å². The summed E-state index contributed by atoms with van der Waals surface area (Å²) in [6.07, 6.45) is -4.00. The summed E-state index contributed by atoms with van der Waals surface area (Å²) >= 11 is 0. The summed E-state index contributed by atoms with van der Waals surface area (Å²) in [5.74, 6) is -1.45. The third kappa shape index (κ3) is 5.24. The zero-order valence-electron chi connectivity index (χ0n) is 22.7. The van der Waals surface area contributed by atoms with Crippen LogP contribution in [0.1, 0.15) is 49.0 Å². The molecule has 6 rings (SSSR count). The molecule has 2 aliphatic heterocycles. The minimum atomic E-state index is -4.51. The Bertz CT molecular complexity index is 1670. The topological polar surface area (TPSA) is 60.9 Å². The number of anilines is 1. The molecule has 4 aromatic rings. The first-order valence-corrected chi connectivity index (χ1v) is 13.7. The van der Waals surface area contributed by atoms with E-state index >= 15 is 0 Å². The van der Waals surface area contributed by atoms with Crippen molar-refractivity contribution in [3.63, 3.8) is 0 Å². The van der Waals surface area contributed by atoms with Gasteiger partial charge in [-0.2, -0.15) is 13.2 Å². The Morgan fingerprint density at radius 2 is 1.42 bits per heavy atom. The van der Waals surface area contributed by atoms with Gasteiger partial charge in [0.05, 0.1) is 22.7 Å². The maximum absolute atomic E-state index is 14.4. The molecule has 4 amide bonds. The molecule has 0 fully saturated rings. The number of hydrogen-bond donors (Lipinski definition) is 0. The van der Waals surface area contributed by atoms with Crippen molar-refractivity contribution < 1.29 is 31.9 Å². The average molecular weight is 588 g/mol. The van der Waals surface area contributed by atoms with Crippen LogP contribution in [0.4, 0.5) is 28.0 Å². The Hall–Kier alpha value is -4.99. The molecule has 0 N–H and O–H groups in total. The van der Waals surface area contributed by atoms with E-state index in [2.05, 4.69) is 0 Å². The van der Waals surface area contributed by atoms with Gasteiger partial charge >= 0.3 is 12.2 Å². The minimum absolute atomic E-state index is 0.0895. The van der Waals surface area contributed by atoms with Crippen LogP contribution in [0.25, 0.3) is 0 Å². The van der Waals surface area contributed by atoms with Gasteiger partial charge in [0, 0.05) is 25.3 Å². The van der Waals surface area contributed by atoms with E-state index in [1.165, 1.54) is 41.3 Å². The summed E-state index contributed by atoms with van der Waals surface area (Å²) in [4.78, 5) is 44.4. The molecule has 10 heteroatoms. The van der Waals surface area contributed by atoms with Gasteiger partial charge in [-0.15, -0.1) is 0 Å². The molecule has 0 aromatic heterocycles. The van der Waals surface area contributed by atoms with Crippen LogP contribution in [0.5, 0.6) is 0 Å². The summed E-state index contributed by atoms with van der Waals surface area (Å²) in [7, 11) is 0. The van der Waals surface area contributed by atoms with Gasteiger partial charge in [-0.1, -0.05) is 48.5 Å². The van der Waals surface area contributed by atoms with Crippen molar-refractivity contribution in [3.05, 3.63) is 136 Å². The van der Waals surface area contributed by atoms with E-state index < -0.39 is 41.4 Å². The summed E-state index contributed by atoms with van der Waals surface area (Å²) in [6, 6.07) is 22.7. The van der Waals surface area contributed by atoms with Crippen molar-refractivity contribution in [1.82, 2.24) is 9.80 Å². The van der Waals surface area contributed by atoms with Gasteiger partial charge in [0.2, 0.25) is 0 Å². The number of imide groups is 1. The Kier molecular flexibility index (Phi) is 7.21. The van der Waals surface area contributed by atoms with Crippen molar-refractivity contribution in [2.75, 3.05) is 24.5 Å². The fourth-order valence-corrected chi connectivity index (χ4v) is 5.74. The lowest BCUT2D eigenvalue weighted by molar-refractivity contribution is -0.137. The van der Waals surface area contributed by atoms with Crippen LogP contribution in [0, 0.1) is 5.82 Å². The first-order chi connectivity index (χ1) is 20.6. The molecule has 0 saturated heterocycles. The average Bonchev–Trinajstić information content (AvgIpc) is 3.25. The predicted molar refractivity (Wildman–Crippen MR) is 151 cm³/mol. The van der Waals surface area contributed by atoms with Crippen LogP contribution in [0.3, 0.4) is 0 Å². The second-order valence-corrected chi connectivity index (χ2v) is 10.4. The maximum atomic E-state index is 14.4. The third-order valence-electron chi connectivity index (χ3n) is 7.88. The highest BCUT2D eigenvalue weighted by atomic mass is 19.4. The van der Waals surface area contributed by atoms with Gasteiger partial charge < -0.3 is 4.90 Å². The number of hydrogen-bond acceptors (Lipinski definition) is 3. The highest BCUT2D eigenvalue weighted by Gasteiger charge is 2.38. The zero-order chi connectivity index (χ0) is 30.3. The van der Waals surface area contributed by atoms with E-state index in [1.54, 1.807) is 29.2 Å². The molecular formula is C33H25F4N3O3.